The lowest BCUT2D eigenvalue weighted by atomic mass is 10.2. The van der Waals surface area contributed by atoms with Crippen LogP contribution in [0.25, 0.3) is 0 Å². The summed E-state index contributed by atoms with van der Waals surface area (Å²) in [4.78, 5) is 15.6. The third-order valence-electron chi connectivity index (χ3n) is 2.13. The number of nitrogens with one attached hydrogen (secondary N) is 1. The molecule has 0 aliphatic carbocycles. The van der Waals surface area contributed by atoms with Gasteiger partial charge in [0.15, 0.2) is 0 Å². The molecule has 0 saturated heterocycles. The second-order valence-corrected chi connectivity index (χ2v) is 4.50. The molecule has 0 unspecified atom stereocenters. The molecule has 0 aliphatic heterocycles. The van der Waals surface area contributed by atoms with E-state index in [-0.39, 0.29) is 5.91 Å². The first-order valence-corrected chi connectivity index (χ1v) is 6.10. The summed E-state index contributed by atoms with van der Waals surface area (Å²) in [6.45, 7) is 2.00. The quantitative estimate of drug-likeness (QED) is 0.893. The first-order valence-electron chi connectivity index (χ1n) is 5.29. The van der Waals surface area contributed by atoms with Gasteiger partial charge in [0.2, 0.25) is 11.0 Å². The summed E-state index contributed by atoms with van der Waals surface area (Å²) >= 11 is 1.41. The maximum Gasteiger partial charge on any atom is 0.230 e. The van der Waals surface area contributed by atoms with Crippen LogP contribution in [0, 0.1) is 0 Å². The maximum atomic E-state index is 11.7. The fourth-order valence-electron chi connectivity index (χ4n) is 1.30. The van der Waals surface area contributed by atoms with Crippen molar-refractivity contribution in [2.45, 2.75) is 19.8 Å². The smallest absolute Gasteiger partial charge is 0.230 e. The maximum absolute atomic E-state index is 11.7. The minimum absolute atomic E-state index is 0.0880. The van der Waals surface area contributed by atoms with Crippen molar-refractivity contribution in [3.63, 3.8) is 0 Å². The molecule has 2 aromatic heterocycles. The zero-order valence-corrected chi connectivity index (χ0v) is 10.2. The average molecular weight is 248 g/mol. The molecule has 0 saturated carbocycles. The summed E-state index contributed by atoms with van der Waals surface area (Å²) in [5.41, 5.74) is 0.928. The number of aromatic nitrogens is 3. The van der Waals surface area contributed by atoms with Gasteiger partial charge in [-0.3, -0.25) is 9.78 Å². The van der Waals surface area contributed by atoms with Crippen LogP contribution in [0.1, 0.15) is 17.5 Å². The molecule has 2 aromatic rings. The SMILES string of the molecule is CCc1nnc(NC(=O)Cc2ccncc2)s1. The van der Waals surface area contributed by atoms with Crippen LogP contribution in [-0.2, 0) is 17.6 Å². The number of rotatable bonds is 4. The Morgan fingerprint density at radius 1 is 1.35 bits per heavy atom. The number of amides is 1. The molecule has 0 aromatic carbocycles. The molecular formula is C11H12N4OS. The summed E-state index contributed by atoms with van der Waals surface area (Å²) in [5.74, 6) is -0.0880. The van der Waals surface area contributed by atoms with Gasteiger partial charge in [-0.1, -0.05) is 18.3 Å². The Hall–Kier alpha value is -1.82. The Labute approximate surface area is 103 Å². The predicted octanol–water partition coefficient (Wildman–Crippen LogP) is 1.68. The lowest BCUT2D eigenvalue weighted by Crippen LogP contribution is -2.14. The van der Waals surface area contributed by atoms with Gasteiger partial charge in [0, 0.05) is 12.4 Å². The zero-order valence-electron chi connectivity index (χ0n) is 9.38. The lowest BCUT2D eigenvalue weighted by Gasteiger charge is -2.00. The standard InChI is InChI=1S/C11H12N4OS/c1-2-10-14-15-11(17-10)13-9(16)7-8-3-5-12-6-4-8/h3-6H,2,7H2,1H3,(H,13,15,16). The molecule has 0 aliphatic rings. The summed E-state index contributed by atoms with van der Waals surface area (Å²) in [7, 11) is 0. The Morgan fingerprint density at radius 2 is 2.12 bits per heavy atom. The number of pyridine rings is 1. The van der Waals surface area contributed by atoms with E-state index in [4.69, 9.17) is 0 Å². The second-order valence-electron chi connectivity index (χ2n) is 3.43. The van der Waals surface area contributed by atoms with Gasteiger partial charge in [0.05, 0.1) is 6.42 Å². The summed E-state index contributed by atoms with van der Waals surface area (Å²) in [5, 5.41) is 12.0. The van der Waals surface area contributed by atoms with Gasteiger partial charge >= 0.3 is 0 Å². The molecular weight excluding hydrogens is 236 g/mol. The fraction of sp³-hybridized carbons (Fsp3) is 0.273. The van der Waals surface area contributed by atoms with Crippen LogP contribution in [0.15, 0.2) is 24.5 Å². The Bertz CT molecular complexity index is 497. The first kappa shape index (κ1) is 11.7. The van der Waals surface area contributed by atoms with Crippen LogP contribution >= 0.6 is 11.3 Å². The molecule has 0 spiro atoms. The molecule has 1 amide bonds. The molecule has 2 rings (SSSR count). The minimum Gasteiger partial charge on any atom is -0.300 e. The van der Waals surface area contributed by atoms with Crippen LogP contribution in [0.3, 0.4) is 0 Å². The third-order valence-corrected chi connectivity index (χ3v) is 3.11. The largest absolute Gasteiger partial charge is 0.300 e. The lowest BCUT2D eigenvalue weighted by molar-refractivity contribution is -0.115. The minimum atomic E-state index is -0.0880. The van der Waals surface area contributed by atoms with Crippen LogP contribution in [0.4, 0.5) is 5.13 Å². The molecule has 88 valence electrons. The number of nitrogens with zero attached hydrogens (tertiary/aromatic N) is 3. The topological polar surface area (TPSA) is 67.8 Å². The molecule has 0 atom stereocenters. The number of hydrogen-bond acceptors (Lipinski definition) is 5. The van der Waals surface area contributed by atoms with E-state index in [1.54, 1.807) is 12.4 Å². The molecule has 0 bridgehead atoms. The van der Waals surface area contributed by atoms with Crippen molar-refractivity contribution in [3.05, 3.63) is 35.1 Å². The summed E-state index contributed by atoms with van der Waals surface area (Å²) < 4.78 is 0. The van der Waals surface area contributed by atoms with E-state index in [9.17, 15) is 4.79 Å². The molecule has 1 N–H and O–H groups in total. The third kappa shape index (κ3) is 3.32. The van der Waals surface area contributed by atoms with Crippen molar-refractivity contribution in [1.82, 2.24) is 15.2 Å². The predicted molar refractivity (Wildman–Crippen MR) is 65.9 cm³/mol. The summed E-state index contributed by atoms with van der Waals surface area (Å²) in [6, 6.07) is 3.63. The van der Waals surface area contributed by atoms with Crippen molar-refractivity contribution in [1.29, 1.82) is 0 Å². The highest BCUT2D eigenvalue weighted by Crippen LogP contribution is 2.15. The Balaban J connectivity index is 1.93. The van der Waals surface area contributed by atoms with Crippen LogP contribution in [-0.4, -0.2) is 21.1 Å². The zero-order chi connectivity index (χ0) is 12.1. The summed E-state index contributed by atoms with van der Waals surface area (Å²) in [6.07, 6.45) is 4.49. The highest BCUT2D eigenvalue weighted by molar-refractivity contribution is 7.15. The van der Waals surface area contributed by atoms with E-state index in [2.05, 4.69) is 20.5 Å². The normalized spacial score (nSPS) is 10.2. The number of carbonyl (C=O) groups is 1. The van der Waals surface area contributed by atoms with Crippen LogP contribution < -0.4 is 5.32 Å². The van der Waals surface area contributed by atoms with E-state index < -0.39 is 0 Å². The van der Waals surface area contributed by atoms with Crippen molar-refractivity contribution in [3.8, 4) is 0 Å². The Kier molecular flexibility index (Phi) is 3.77. The van der Waals surface area contributed by atoms with Crippen LogP contribution in [0.5, 0.6) is 0 Å². The van der Waals surface area contributed by atoms with Gasteiger partial charge < -0.3 is 5.32 Å². The number of anilines is 1. The average Bonchev–Trinajstić information content (AvgIpc) is 2.78. The molecule has 2 heterocycles. The highest BCUT2D eigenvalue weighted by Gasteiger charge is 2.07. The molecule has 6 heteroatoms. The van der Waals surface area contributed by atoms with Crippen molar-refractivity contribution in [2.75, 3.05) is 5.32 Å². The van der Waals surface area contributed by atoms with Crippen molar-refractivity contribution < 1.29 is 4.79 Å². The number of carbonyl (C=O) groups excluding carboxylic acids is 1. The van der Waals surface area contributed by atoms with E-state index in [0.717, 1.165) is 17.0 Å². The van der Waals surface area contributed by atoms with E-state index in [1.807, 2.05) is 19.1 Å². The van der Waals surface area contributed by atoms with Gasteiger partial charge in [-0.2, -0.15) is 0 Å². The number of hydrogen-bond donors (Lipinski definition) is 1. The first-order chi connectivity index (χ1) is 8.28. The van der Waals surface area contributed by atoms with Gasteiger partial charge in [-0.05, 0) is 24.1 Å². The fourth-order valence-corrected chi connectivity index (χ4v) is 1.99. The second kappa shape index (κ2) is 5.49. The molecule has 0 fully saturated rings. The van der Waals surface area contributed by atoms with Crippen molar-refractivity contribution in [2.24, 2.45) is 0 Å². The van der Waals surface area contributed by atoms with Crippen molar-refractivity contribution >= 4 is 22.4 Å². The monoisotopic (exact) mass is 248 g/mol. The van der Waals surface area contributed by atoms with Gasteiger partial charge in [-0.15, -0.1) is 10.2 Å². The molecule has 0 radical (unpaired) electrons. The number of aryl methyl sites for hydroxylation is 1. The van der Waals surface area contributed by atoms with E-state index in [1.165, 1.54) is 11.3 Å². The van der Waals surface area contributed by atoms with Gasteiger partial charge in [0.25, 0.3) is 0 Å². The van der Waals surface area contributed by atoms with Gasteiger partial charge in [0.1, 0.15) is 5.01 Å². The van der Waals surface area contributed by atoms with E-state index in [0.29, 0.717) is 11.6 Å². The highest BCUT2D eigenvalue weighted by atomic mass is 32.1. The van der Waals surface area contributed by atoms with Gasteiger partial charge in [-0.25, -0.2) is 0 Å². The molecule has 5 nitrogen and oxygen atoms in total. The Morgan fingerprint density at radius 3 is 2.76 bits per heavy atom. The molecule has 17 heavy (non-hydrogen) atoms. The van der Waals surface area contributed by atoms with Crippen LogP contribution in [0.2, 0.25) is 0 Å². The van der Waals surface area contributed by atoms with E-state index >= 15 is 0 Å².